The Morgan fingerprint density at radius 1 is 1.40 bits per heavy atom. The summed E-state index contributed by atoms with van der Waals surface area (Å²) in [6, 6.07) is 7.06. The Bertz CT molecular complexity index is 738. The van der Waals surface area contributed by atoms with E-state index in [0.29, 0.717) is 29.1 Å². The Morgan fingerprint density at radius 3 is 2.68 bits per heavy atom. The summed E-state index contributed by atoms with van der Waals surface area (Å²) in [4.78, 5) is 15.2. The molecule has 25 heavy (non-hydrogen) atoms. The van der Waals surface area contributed by atoms with Crippen LogP contribution in [0.5, 0.6) is 0 Å². The number of hydrogen-bond acceptors (Lipinski definition) is 5. The Morgan fingerprint density at radius 2 is 2.12 bits per heavy atom. The van der Waals surface area contributed by atoms with Crippen molar-refractivity contribution >= 4 is 17.5 Å². The lowest BCUT2D eigenvalue weighted by atomic mass is 10.0. The number of nitrogens with zero attached hydrogens (tertiary/aromatic N) is 3. The van der Waals surface area contributed by atoms with Crippen molar-refractivity contribution in [2.75, 3.05) is 36.0 Å². The number of carbonyl (C=O) groups excluding carboxylic acids is 1. The Balaban J connectivity index is 1.46. The van der Waals surface area contributed by atoms with E-state index in [9.17, 15) is 9.18 Å². The van der Waals surface area contributed by atoms with Crippen molar-refractivity contribution in [3.8, 4) is 6.07 Å². The molecule has 1 amide bonds. The molecule has 3 aliphatic rings. The molecule has 0 bridgehead atoms. The second-order valence-electron chi connectivity index (χ2n) is 7.16. The first-order chi connectivity index (χ1) is 12.0. The van der Waals surface area contributed by atoms with Crippen LogP contribution in [0.15, 0.2) is 18.2 Å². The van der Waals surface area contributed by atoms with Gasteiger partial charge in [0.2, 0.25) is 0 Å². The number of aliphatic hydroxyl groups excluding tert-OH is 1. The monoisotopic (exact) mass is 345 g/mol. The summed E-state index contributed by atoms with van der Waals surface area (Å²) in [5.74, 6) is 1.09. The molecule has 0 aromatic heterocycles. The van der Waals surface area contributed by atoms with E-state index < -0.39 is 12.2 Å². The van der Waals surface area contributed by atoms with Crippen molar-refractivity contribution in [2.45, 2.75) is 13.0 Å². The van der Waals surface area contributed by atoms with E-state index in [0.717, 1.165) is 13.1 Å². The quantitative estimate of drug-likeness (QED) is 0.903. The molecule has 1 N–H and O–H groups in total. The third kappa shape index (κ3) is 2.61. The lowest BCUT2D eigenvalue weighted by Crippen LogP contribution is -2.27. The number of halogens is 1. The Labute approximate surface area is 145 Å². The second-order valence-corrected chi connectivity index (χ2v) is 7.16. The summed E-state index contributed by atoms with van der Waals surface area (Å²) in [6.45, 7) is 3.47. The highest BCUT2D eigenvalue weighted by Gasteiger charge is 2.58. The van der Waals surface area contributed by atoms with Crippen LogP contribution >= 0.6 is 0 Å². The Kier molecular flexibility index (Phi) is 3.80. The largest absolute Gasteiger partial charge is 0.441 e. The van der Waals surface area contributed by atoms with Gasteiger partial charge in [0.05, 0.1) is 30.6 Å². The highest BCUT2D eigenvalue weighted by molar-refractivity contribution is 5.90. The van der Waals surface area contributed by atoms with Crippen LogP contribution in [0.2, 0.25) is 0 Å². The molecule has 3 fully saturated rings. The second kappa shape index (κ2) is 5.88. The number of cyclic esters (lactones) is 1. The van der Waals surface area contributed by atoms with Gasteiger partial charge in [-0.1, -0.05) is 0 Å². The van der Waals surface area contributed by atoms with Gasteiger partial charge in [-0.15, -0.1) is 0 Å². The van der Waals surface area contributed by atoms with Gasteiger partial charge in [0, 0.05) is 19.0 Å². The maximum atomic E-state index is 14.6. The van der Waals surface area contributed by atoms with Gasteiger partial charge in [-0.3, -0.25) is 4.90 Å². The minimum Gasteiger partial charge on any atom is -0.441 e. The maximum absolute atomic E-state index is 14.6. The summed E-state index contributed by atoms with van der Waals surface area (Å²) >= 11 is 0. The van der Waals surface area contributed by atoms with Crippen molar-refractivity contribution in [3.05, 3.63) is 24.0 Å². The first-order valence-electron chi connectivity index (χ1n) is 8.56. The van der Waals surface area contributed by atoms with Gasteiger partial charge in [0.25, 0.3) is 0 Å². The van der Waals surface area contributed by atoms with Gasteiger partial charge < -0.3 is 14.7 Å². The molecule has 1 aliphatic carbocycles. The topological polar surface area (TPSA) is 76.8 Å². The molecule has 0 radical (unpaired) electrons. The lowest BCUT2D eigenvalue weighted by molar-refractivity contribution is 0.0963. The van der Waals surface area contributed by atoms with E-state index in [4.69, 9.17) is 15.1 Å². The minimum absolute atomic E-state index is 0.0602. The minimum atomic E-state index is -0.569. The van der Waals surface area contributed by atoms with E-state index >= 15 is 0 Å². The zero-order valence-corrected chi connectivity index (χ0v) is 13.9. The predicted molar refractivity (Wildman–Crippen MR) is 88.6 cm³/mol. The van der Waals surface area contributed by atoms with Crippen molar-refractivity contribution in [1.82, 2.24) is 0 Å². The van der Waals surface area contributed by atoms with Crippen molar-refractivity contribution < 1.29 is 19.0 Å². The lowest BCUT2D eigenvalue weighted by Gasteiger charge is -2.24. The van der Waals surface area contributed by atoms with E-state index in [2.05, 4.69) is 6.07 Å². The average molecular weight is 345 g/mol. The number of aliphatic hydroxyl groups is 1. The standard InChI is InChI=1S/C18H20FN3O3/c1-10(5-20)17-13-7-21(8-14(13)17)16-3-2-11(4-15(16)19)22-6-12(9-23)25-18(22)24/h2-4,10,12-14,17,23H,6-9H2,1H3/t10-,12-,13-,14+,17?/m1/s1. The third-order valence-electron chi connectivity index (χ3n) is 5.70. The molecule has 1 saturated carbocycles. The molecule has 2 aliphatic heterocycles. The van der Waals surface area contributed by atoms with Crippen LogP contribution in [0, 0.1) is 40.8 Å². The van der Waals surface area contributed by atoms with E-state index in [1.165, 1.54) is 11.0 Å². The number of ether oxygens (including phenoxy) is 1. The van der Waals surface area contributed by atoms with Crippen molar-refractivity contribution in [3.63, 3.8) is 0 Å². The molecule has 2 heterocycles. The van der Waals surface area contributed by atoms with Crippen LogP contribution in [0.1, 0.15) is 6.92 Å². The SMILES string of the molecule is C[C@H](C#N)C1[C@H]2CN(c3ccc(N4C[C@H](CO)OC4=O)cc3F)C[C@@H]12. The number of rotatable bonds is 4. The number of fused-ring (bicyclic) bond motifs is 1. The fourth-order valence-electron chi connectivity index (χ4n) is 4.34. The van der Waals surface area contributed by atoms with E-state index in [1.54, 1.807) is 12.1 Å². The highest BCUT2D eigenvalue weighted by atomic mass is 19.1. The van der Waals surface area contributed by atoms with Crippen LogP contribution < -0.4 is 9.80 Å². The smallest absolute Gasteiger partial charge is 0.414 e. The van der Waals surface area contributed by atoms with Crippen LogP contribution in [0.4, 0.5) is 20.6 Å². The molecule has 0 spiro atoms. The number of nitriles is 1. The van der Waals surface area contributed by atoms with Gasteiger partial charge >= 0.3 is 6.09 Å². The molecule has 1 aromatic carbocycles. The number of carbonyl (C=O) groups is 1. The average Bonchev–Trinajstić information content (AvgIpc) is 2.95. The van der Waals surface area contributed by atoms with Crippen LogP contribution in [0.3, 0.4) is 0 Å². The van der Waals surface area contributed by atoms with Crippen molar-refractivity contribution in [2.24, 2.45) is 23.7 Å². The zero-order chi connectivity index (χ0) is 17.7. The number of benzene rings is 1. The molecule has 2 saturated heterocycles. The number of piperidine rings is 1. The van der Waals surface area contributed by atoms with E-state index in [1.807, 2.05) is 11.8 Å². The Hall–Kier alpha value is -2.33. The predicted octanol–water partition coefficient (Wildman–Crippen LogP) is 1.99. The van der Waals surface area contributed by atoms with Gasteiger partial charge in [0.15, 0.2) is 0 Å². The summed E-state index contributed by atoms with van der Waals surface area (Å²) in [5.41, 5.74) is 0.966. The van der Waals surface area contributed by atoms with Crippen LogP contribution in [-0.4, -0.2) is 43.5 Å². The van der Waals surface area contributed by atoms with Crippen LogP contribution in [-0.2, 0) is 4.74 Å². The summed E-state index contributed by atoms with van der Waals surface area (Å²) in [7, 11) is 0. The number of hydrogen-bond donors (Lipinski definition) is 1. The summed E-state index contributed by atoms with van der Waals surface area (Å²) < 4.78 is 19.6. The van der Waals surface area contributed by atoms with Gasteiger partial charge in [-0.25, -0.2) is 9.18 Å². The normalized spacial score (nSPS) is 31.5. The van der Waals surface area contributed by atoms with Crippen molar-refractivity contribution in [1.29, 1.82) is 5.26 Å². The molecule has 6 nitrogen and oxygen atoms in total. The highest BCUT2D eigenvalue weighted by Crippen LogP contribution is 2.56. The first-order valence-corrected chi connectivity index (χ1v) is 8.56. The van der Waals surface area contributed by atoms with Gasteiger partial charge in [-0.05, 0) is 42.9 Å². The molecule has 132 valence electrons. The molecule has 1 aromatic rings. The third-order valence-corrected chi connectivity index (χ3v) is 5.70. The first kappa shape index (κ1) is 16.2. The molecule has 7 heteroatoms. The van der Waals surface area contributed by atoms with E-state index in [-0.39, 0.29) is 24.9 Å². The fraction of sp³-hybridized carbons (Fsp3) is 0.556. The fourth-order valence-corrected chi connectivity index (χ4v) is 4.34. The number of amides is 1. The summed E-state index contributed by atoms with van der Waals surface area (Å²) in [5, 5.41) is 18.1. The van der Waals surface area contributed by atoms with Crippen LogP contribution in [0.25, 0.3) is 0 Å². The van der Waals surface area contributed by atoms with Gasteiger partial charge in [-0.2, -0.15) is 5.26 Å². The molecule has 4 rings (SSSR count). The van der Waals surface area contributed by atoms with Gasteiger partial charge in [0.1, 0.15) is 11.9 Å². The number of anilines is 2. The molecule has 5 atom stereocenters. The molecule has 1 unspecified atom stereocenters. The maximum Gasteiger partial charge on any atom is 0.414 e. The molecular formula is C18H20FN3O3. The summed E-state index contributed by atoms with van der Waals surface area (Å²) in [6.07, 6.45) is -1.14. The zero-order valence-electron chi connectivity index (χ0n) is 13.9. The molecular weight excluding hydrogens is 325 g/mol.